The second-order valence-corrected chi connectivity index (χ2v) is 5.82. The van der Waals surface area contributed by atoms with Gasteiger partial charge in [-0.25, -0.2) is 0 Å². The third-order valence-electron chi connectivity index (χ3n) is 3.70. The summed E-state index contributed by atoms with van der Waals surface area (Å²) in [6.45, 7) is 4.31. The van der Waals surface area contributed by atoms with Gasteiger partial charge in [-0.3, -0.25) is 0 Å². The fraction of sp³-hybridized carbons (Fsp3) is 0.600. The molecule has 0 bridgehead atoms. The quantitative estimate of drug-likeness (QED) is 0.475. The van der Waals surface area contributed by atoms with Gasteiger partial charge >= 0.3 is 0 Å². The van der Waals surface area contributed by atoms with Crippen molar-refractivity contribution in [2.75, 3.05) is 6.54 Å². The Morgan fingerprint density at radius 1 is 1.27 bits per heavy atom. The summed E-state index contributed by atoms with van der Waals surface area (Å²) in [5.41, 5.74) is 9.57. The van der Waals surface area contributed by atoms with Crippen LogP contribution in [0.1, 0.15) is 19.4 Å². The number of fused-ring (bicyclic) bond motifs is 1. The number of hydrogen-bond donors (Lipinski definition) is 0. The van der Waals surface area contributed by atoms with Crippen LogP contribution in [0.3, 0.4) is 0 Å². The van der Waals surface area contributed by atoms with Crippen LogP contribution in [0.4, 0.5) is 0 Å². The number of benzene rings is 1. The molecule has 4 atom stereocenters. The summed E-state index contributed by atoms with van der Waals surface area (Å²) in [4.78, 5) is 2.78. The first-order valence-electron chi connectivity index (χ1n) is 7.26. The van der Waals surface area contributed by atoms with Crippen LogP contribution in [0.25, 0.3) is 10.4 Å². The van der Waals surface area contributed by atoms with E-state index in [1.807, 2.05) is 44.2 Å². The smallest absolute Gasteiger partial charge is 0.190 e. The van der Waals surface area contributed by atoms with Crippen molar-refractivity contribution >= 4 is 0 Å². The van der Waals surface area contributed by atoms with E-state index in [1.165, 1.54) is 0 Å². The monoisotopic (exact) mass is 305 g/mol. The average Bonchev–Trinajstić information content (AvgIpc) is 2.95. The standard InChI is InChI=1S/C15H19N3O4/c1-15(2)21-13-12(19-9-10-6-4-3-5-7-10)11(8-17-18-16)20-14(13)22-15/h3-7,11-14H,8-9H2,1-2H3/t11-,12+,13-,14-/m1/s1. The second kappa shape index (κ2) is 6.24. The van der Waals surface area contributed by atoms with E-state index in [-0.39, 0.29) is 24.9 Å². The van der Waals surface area contributed by atoms with Crippen LogP contribution in [0.5, 0.6) is 0 Å². The van der Waals surface area contributed by atoms with Crippen molar-refractivity contribution in [3.8, 4) is 0 Å². The molecule has 7 nitrogen and oxygen atoms in total. The summed E-state index contributed by atoms with van der Waals surface area (Å²) < 4.78 is 23.4. The van der Waals surface area contributed by atoms with E-state index < -0.39 is 12.1 Å². The molecule has 0 unspecified atom stereocenters. The molecule has 3 rings (SSSR count). The van der Waals surface area contributed by atoms with Crippen LogP contribution in [-0.4, -0.2) is 36.9 Å². The molecule has 2 aliphatic rings. The molecule has 2 aliphatic heterocycles. The first-order valence-corrected chi connectivity index (χ1v) is 7.26. The highest BCUT2D eigenvalue weighted by Crippen LogP contribution is 2.39. The molecule has 2 saturated heterocycles. The number of hydrogen-bond acceptors (Lipinski definition) is 5. The largest absolute Gasteiger partial charge is 0.368 e. The first-order chi connectivity index (χ1) is 10.6. The van der Waals surface area contributed by atoms with Gasteiger partial charge in [0.25, 0.3) is 0 Å². The van der Waals surface area contributed by atoms with Gasteiger partial charge in [0.1, 0.15) is 12.2 Å². The van der Waals surface area contributed by atoms with Gasteiger partial charge in [-0.2, -0.15) is 0 Å². The molecule has 0 radical (unpaired) electrons. The van der Waals surface area contributed by atoms with E-state index in [9.17, 15) is 0 Å². The van der Waals surface area contributed by atoms with Gasteiger partial charge in [0, 0.05) is 4.91 Å². The van der Waals surface area contributed by atoms with E-state index >= 15 is 0 Å². The first kappa shape index (κ1) is 15.3. The molecule has 0 spiro atoms. The Balaban J connectivity index is 1.70. The zero-order valence-corrected chi connectivity index (χ0v) is 12.6. The fourth-order valence-electron chi connectivity index (χ4n) is 2.78. The lowest BCUT2D eigenvalue weighted by Gasteiger charge is -2.25. The third kappa shape index (κ3) is 3.24. The normalized spacial score (nSPS) is 32.5. The Hall–Kier alpha value is -1.63. The summed E-state index contributed by atoms with van der Waals surface area (Å²) in [5, 5.41) is 3.59. The third-order valence-corrected chi connectivity index (χ3v) is 3.70. The van der Waals surface area contributed by atoms with Crippen molar-refractivity contribution < 1.29 is 18.9 Å². The van der Waals surface area contributed by atoms with Crippen molar-refractivity contribution in [3.63, 3.8) is 0 Å². The van der Waals surface area contributed by atoms with Gasteiger partial charge in [0.05, 0.1) is 19.3 Å². The Labute approximate surface area is 128 Å². The predicted octanol–water partition coefficient (Wildman–Crippen LogP) is 2.76. The van der Waals surface area contributed by atoms with Crippen LogP contribution >= 0.6 is 0 Å². The maximum Gasteiger partial charge on any atom is 0.190 e. The van der Waals surface area contributed by atoms with Crippen LogP contribution in [0, 0.1) is 0 Å². The zero-order valence-electron chi connectivity index (χ0n) is 12.6. The number of nitrogens with zero attached hydrogens (tertiary/aromatic N) is 3. The molecule has 2 heterocycles. The molecule has 0 saturated carbocycles. The van der Waals surface area contributed by atoms with E-state index in [0.717, 1.165) is 5.56 Å². The Morgan fingerprint density at radius 3 is 2.77 bits per heavy atom. The molecule has 0 amide bonds. The SMILES string of the molecule is CC1(C)O[C@H]2O[C@H](CN=[N+]=[N-])[C@H](OCc3ccccc3)[C@H]2O1. The Kier molecular flexibility index (Phi) is 4.33. The Bertz CT molecular complexity index is 559. The van der Waals surface area contributed by atoms with Crippen molar-refractivity contribution in [2.24, 2.45) is 5.11 Å². The van der Waals surface area contributed by atoms with E-state index in [4.69, 9.17) is 24.5 Å². The van der Waals surface area contributed by atoms with Gasteiger partial charge in [0.2, 0.25) is 0 Å². The molecule has 0 aromatic heterocycles. The fourth-order valence-corrected chi connectivity index (χ4v) is 2.78. The molecule has 0 N–H and O–H groups in total. The maximum absolute atomic E-state index is 8.51. The lowest BCUT2D eigenvalue weighted by atomic mass is 10.1. The number of azide groups is 1. The lowest BCUT2D eigenvalue weighted by Crippen LogP contribution is -2.38. The van der Waals surface area contributed by atoms with Crippen molar-refractivity contribution in [1.29, 1.82) is 0 Å². The summed E-state index contributed by atoms with van der Waals surface area (Å²) in [6.07, 6.45) is -1.52. The van der Waals surface area contributed by atoms with Crippen molar-refractivity contribution in [1.82, 2.24) is 0 Å². The zero-order chi connectivity index (χ0) is 15.6. The minimum atomic E-state index is -0.701. The van der Waals surface area contributed by atoms with Crippen LogP contribution in [0.15, 0.2) is 35.4 Å². The highest BCUT2D eigenvalue weighted by atomic mass is 16.8. The molecular weight excluding hydrogens is 286 g/mol. The average molecular weight is 305 g/mol. The lowest BCUT2D eigenvalue weighted by molar-refractivity contribution is -0.217. The minimum Gasteiger partial charge on any atom is -0.368 e. The van der Waals surface area contributed by atoms with Crippen LogP contribution in [0.2, 0.25) is 0 Å². The van der Waals surface area contributed by atoms with Gasteiger partial charge in [-0.1, -0.05) is 35.4 Å². The minimum absolute atomic E-state index is 0.191. The van der Waals surface area contributed by atoms with Crippen LogP contribution < -0.4 is 0 Å². The molecule has 7 heteroatoms. The molecule has 118 valence electrons. The van der Waals surface area contributed by atoms with Crippen molar-refractivity contribution in [3.05, 3.63) is 46.3 Å². The number of rotatable bonds is 5. The molecule has 22 heavy (non-hydrogen) atoms. The topological polar surface area (TPSA) is 85.7 Å². The molecule has 2 fully saturated rings. The van der Waals surface area contributed by atoms with Crippen molar-refractivity contribution in [2.45, 2.75) is 50.8 Å². The van der Waals surface area contributed by atoms with Gasteiger partial charge in [0.15, 0.2) is 12.1 Å². The molecule has 0 aliphatic carbocycles. The highest BCUT2D eigenvalue weighted by molar-refractivity contribution is 5.13. The summed E-state index contributed by atoms with van der Waals surface area (Å²) in [7, 11) is 0. The number of ether oxygens (including phenoxy) is 4. The highest BCUT2D eigenvalue weighted by Gasteiger charge is 2.55. The predicted molar refractivity (Wildman–Crippen MR) is 77.7 cm³/mol. The second-order valence-electron chi connectivity index (χ2n) is 5.82. The van der Waals surface area contributed by atoms with Crippen LogP contribution in [-0.2, 0) is 25.6 Å². The Morgan fingerprint density at radius 2 is 2.05 bits per heavy atom. The van der Waals surface area contributed by atoms with Gasteiger partial charge in [-0.05, 0) is 24.9 Å². The van der Waals surface area contributed by atoms with E-state index in [2.05, 4.69) is 10.0 Å². The summed E-state index contributed by atoms with van der Waals surface area (Å²) in [5.74, 6) is -0.701. The molecule has 1 aromatic carbocycles. The molecule has 1 aromatic rings. The van der Waals surface area contributed by atoms with E-state index in [0.29, 0.717) is 6.61 Å². The summed E-state index contributed by atoms with van der Waals surface area (Å²) >= 11 is 0. The summed E-state index contributed by atoms with van der Waals surface area (Å²) in [6, 6.07) is 9.86. The molecular formula is C15H19N3O4. The van der Waals surface area contributed by atoms with Gasteiger partial charge in [-0.15, -0.1) is 0 Å². The van der Waals surface area contributed by atoms with E-state index in [1.54, 1.807) is 0 Å². The van der Waals surface area contributed by atoms with Gasteiger partial charge < -0.3 is 18.9 Å². The maximum atomic E-state index is 8.51.